The fraction of sp³-hybridized carbons (Fsp3) is 0.250. The van der Waals surface area contributed by atoms with Crippen LogP contribution in [-0.2, 0) is 4.79 Å². The van der Waals surface area contributed by atoms with Crippen molar-refractivity contribution >= 4 is 17.3 Å². The van der Waals surface area contributed by atoms with E-state index in [-0.39, 0.29) is 5.91 Å². The van der Waals surface area contributed by atoms with Gasteiger partial charge in [-0.15, -0.1) is 0 Å². The van der Waals surface area contributed by atoms with Crippen LogP contribution in [0, 0.1) is 0 Å². The van der Waals surface area contributed by atoms with Crippen LogP contribution in [0.3, 0.4) is 0 Å². The van der Waals surface area contributed by atoms with E-state index in [4.69, 9.17) is 0 Å². The topological polar surface area (TPSA) is 32.3 Å². The summed E-state index contributed by atoms with van der Waals surface area (Å²) in [5.74, 6) is -0.103. The monoisotopic (exact) mass is 204 g/mol. The summed E-state index contributed by atoms with van der Waals surface area (Å²) in [6, 6.07) is 7.71. The van der Waals surface area contributed by atoms with E-state index in [1.165, 1.54) is 6.08 Å². The van der Waals surface area contributed by atoms with Crippen molar-refractivity contribution < 1.29 is 4.79 Å². The lowest BCUT2D eigenvalue weighted by molar-refractivity contribution is -0.111. The molecular weight excluding hydrogens is 188 g/mol. The van der Waals surface area contributed by atoms with Crippen LogP contribution in [-0.4, -0.2) is 20.0 Å². The number of nitrogens with one attached hydrogen (secondary N) is 1. The molecule has 1 aromatic carbocycles. The Labute approximate surface area is 90.4 Å². The lowest BCUT2D eigenvalue weighted by Crippen LogP contribution is -2.11. The molecule has 80 valence electrons. The van der Waals surface area contributed by atoms with Gasteiger partial charge in [0.1, 0.15) is 0 Å². The molecule has 0 unspecified atom stereocenters. The van der Waals surface area contributed by atoms with Crippen molar-refractivity contribution in [3.63, 3.8) is 0 Å². The van der Waals surface area contributed by atoms with Crippen LogP contribution < -0.4 is 10.2 Å². The summed E-state index contributed by atoms with van der Waals surface area (Å²) in [5, 5.41) is 2.79. The van der Waals surface area contributed by atoms with Crippen molar-refractivity contribution in [1.82, 2.24) is 0 Å². The van der Waals surface area contributed by atoms with Crippen LogP contribution in [0.4, 0.5) is 11.4 Å². The summed E-state index contributed by atoms with van der Waals surface area (Å²) in [6.45, 7) is 1.82. The van der Waals surface area contributed by atoms with Crippen molar-refractivity contribution in [1.29, 1.82) is 0 Å². The number of carbonyl (C=O) groups excluding carboxylic acids is 1. The minimum absolute atomic E-state index is 0.103. The number of nitrogens with zero attached hydrogens (tertiary/aromatic N) is 1. The van der Waals surface area contributed by atoms with Gasteiger partial charge in [-0.25, -0.2) is 0 Å². The summed E-state index contributed by atoms with van der Waals surface area (Å²) in [6.07, 6.45) is 3.22. The smallest absolute Gasteiger partial charge is 0.248 e. The average Bonchev–Trinajstić information content (AvgIpc) is 2.18. The second kappa shape index (κ2) is 5.20. The van der Waals surface area contributed by atoms with Gasteiger partial charge in [0.05, 0.1) is 0 Å². The van der Waals surface area contributed by atoms with E-state index in [0.717, 1.165) is 11.4 Å². The number of rotatable bonds is 3. The van der Waals surface area contributed by atoms with Gasteiger partial charge in [-0.05, 0) is 31.2 Å². The lowest BCUT2D eigenvalue weighted by atomic mass is 10.2. The van der Waals surface area contributed by atoms with Crippen molar-refractivity contribution in [2.24, 2.45) is 0 Å². The Morgan fingerprint density at radius 1 is 1.40 bits per heavy atom. The maximum atomic E-state index is 11.3. The SMILES string of the molecule is C/C=C/C(=O)Nc1cccc(N(C)C)c1. The first-order valence-electron chi connectivity index (χ1n) is 4.84. The molecule has 15 heavy (non-hydrogen) atoms. The van der Waals surface area contributed by atoms with Gasteiger partial charge in [-0.1, -0.05) is 12.1 Å². The third-order valence-electron chi connectivity index (χ3n) is 1.95. The molecule has 0 bridgehead atoms. The highest BCUT2D eigenvalue weighted by Crippen LogP contribution is 2.17. The third-order valence-corrected chi connectivity index (χ3v) is 1.95. The molecule has 0 aromatic heterocycles. The van der Waals surface area contributed by atoms with Crippen LogP contribution in [0.5, 0.6) is 0 Å². The Morgan fingerprint density at radius 2 is 2.13 bits per heavy atom. The standard InChI is InChI=1S/C12H16N2O/c1-4-6-12(15)13-10-7-5-8-11(9-10)14(2)3/h4-9H,1-3H3,(H,13,15)/b6-4+. The van der Waals surface area contributed by atoms with Crippen LogP contribution >= 0.6 is 0 Å². The number of carbonyl (C=O) groups is 1. The quantitative estimate of drug-likeness (QED) is 0.766. The largest absolute Gasteiger partial charge is 0.378 e. The molecule has 0 atom stereocenters. The molecule has 3 heteroatoms. The van der Waals surface area contributed by atoms with Gasteiger partial charge in [0.25, 0.3) is 0 Å². The van der Waals surface area contributed by atoms with E-state index in [9.17, 15) is 4.79 Å². The molecule has 0 fully saturated rings. The molecule has 1 amide bonds. The van der Waals surface area contributed by atoms with Crippen LogP contribution in [0.25, 0.3) is 0 Å². The van der Waals surface area contributed by atoms with E-state index >= 15 is 0 Å². The Kier molecular flexibility index (Phi) is 3.92. The van der Waals surface area contributed by atoms with E-state index in [1.807, 2.05) is 50.2 Å². The minimum Gasteiger partial charge on any atom is -0.378 e. The summed E-state index contributed by atoms with van der Waals surface area (Å²) in [4.78, 5) is 13.3. The van der Waals surface area contributed by atoms with Gasteiger partial charge in [-0.3, -0.25) is 4.79 Å². The first-order valence-corrected chi connectivity index (χ1v) is 4.84. The van der Waals surface area contributed by atoms with E-state index in [0.29, 0.717) is 0 Å². The second-order valence-corrected chi connectivity index (χ2v) is 3.43. The summed E-state index contributed by atoms with van der Waals surface area (Å²) < 4.78 is 0. The normalized spacial score (nSPS) is 10.3. The highest BCUT2D eigenvalue weighted by Gasteiger charge is 1.99. The maximum absolute atomic E-state index is 11.3. The summed E-state index contributed by atoms with van der Waals surface area (Å²) in [7, 11) is 3.93. The highest BCUT2D eigenvalue weighted by molar-refractivity contribution is 5.99. The van der Waals surface area contributed by atoms with Gasteiger partial charge >= 0.3 is 0 Å². The first-order chi connectivity index (χ1) is 7.13. The average molecular weight is 204 g/mol. The molecule has 0 radical (unpaired) electrons. The predicted octanol–water partition coefficient (Wildman–Crippen LogP) is 2.27. The Bertz CT molecular complexity index is 370. The fourth-order valence-corrected chi connectivity index (χ4v) is 1.20. The van der Waals surface area contributed by atoms with Crippen LogP contribution in [0.1, 0.15) is 6.92 Å². The Balaban J connectivity index is 2.78. The molecule has 0 saturated heterocycles. The van der Waals surface area contributed by atoms with Crippen LogP contribution in [0.2, 0.25) is 0 Å². The first kappa shape index (κ1) is 11.3. The van der Waals surface area contributed by atoms with Gasteiger partial charge in [0.2, 0.25) is 5.91 Å². The molecular formula is C12H16N2O. The lowest BCUT2D eigenvalue weighted by Gasteiger charge is -2.13. The predicted molar refractivity (Wildman–Crippen MR) is 64.2 cm³/mol. The molecule has 0 aliphatic carbocycles. The molecule has 0 saturated carbocycles. The molecule has 0 spiro atoms. The zero-order valence-electron chi connectivity index (χ0n) is 9.32. The van der Waals surface area contributed by atoms with Gasteiger partial charge < -0.3 is 10.2 Å². The Morgan fingerprint density at radius 3 is 2.73 bits per heavy atom. The summed E-state index contributed by atoms with van der Waals surface area (Å²) >= 11 is 0. The van der Waals surface area contributed by atoms with E-state index < -0.39 is 0 Å². The number of benzene rings is 1. The summed E-state index contributed by atoms with van der Waals surface area (Å²) in [5.41, 5.74) is 1.87. The van der Waals surface area contributed by atoms with Crippen LogP contribution in [0.15, 0.2) is 36.4 Å². The van der Waals surface area contributed by atoms with E-state index in [1.54, 1.807) is 6.08 Å². The number of allylic oxidation sites excluding steroid dienone is 1. The van der Waals surface area contributed by atoms with Crippen molar-refractivity contribution in [3.8, 4) is 0 Å². The van der Waals surface area contributed by atoms with Gasteiger partial charge in [0, 0.05) is 25.5 Å². The third kappa shape index (κ3) is 3.46. The Hall–Kier alpha value is -1.77. The molecule has 1 rings (SSSR count). The van der Waals surface area contributed by atoms with Gasteiger partial charge in [0.15, 0.2) is 0 Å². The number of hydrogen-bond donors (Lipinski definition) is 1. The maximum Gasteiger partial charge on any atom is 0.248 e. The van der Waals surface area contributed by atoms with Crippen molar-refractivity contribution in [2.75, 3.05) is 24.3 Å². The van der Waals surface area contributed by atoms with Crippen molar-refractivity contribution in [2.45, 2.75) is 6.92 Å². The fourth-order valence-electron chi connectivity index (χ4n) is 1.20. The molecule has 1 aromatic rings. The highest BCUT2D eigenvalue weighted by atomic mass is 16.1. The number of hydrogen-bond acceptors (Lipinski definition) is 2. The minimum atomic E-state index is -0.103. The zero-order chi connectivity index (χ0) is 11.3. The van der Waals surface area contributed by atoms with E-state index in [2.05, 4.69) is 5.32 Å². The molecule has 1 N–H and O–H groups in total. The molecule has 0 aliphatic heterocycles. The molecule has 0 heterocycles. The van der Waals surface area contributed by atoms with Gasteiger partial charge in [-0.2, -0.15) is 0 Å². The second-order valence-electron chi connectivity index (χ2n) is 3.43. The number of amides is 1. The zero-order valence-corrected chi connectivity index (χ0v) is 9.32. The van der Waals surface area contributed by atoms with Crippen molar-refractivity contribution in [3.05, 3.63) is 36.4 Å². The number of anilines is 2. The molecule has 3 nitrogen and oxygen atoms in total. The molecule has 0 aliphatic rings.